The van der Waals surface area contributed by atoms with E-state index in [-0.39, 0.29) is 11.1 Å². The fraction of sp³-hybridized carbons (Fsp3) is 0.250. The van der Waals surface area contributed by atoms with E-state index in [0.717, 1.165) is 5.56 Å². The van der Waals surface area contributed by atoms with Gasteiger partial charge in [-0.15, -0.1) is 0 Å². The van der Waals surface area contributed by atoms with E-state index in [4.69, 9.17) is 11.6 Å². The molecule has 2 rings (SSSR count). The van der Waals surface area contributed by atoms with Gasteiger partial charge in [0.05, 0.1) is 12.5 Å². The monoisotopic (exact) mass is 299 g/mol. The van der Waals surface area contributed by atoms with Crippen LogP contribution in [0.5, 0.6) is 0 Å². The van der Waals surface area contributed by atoms with Crippen molar-refractivity contribution in [2.24, 2.45) is 0 Å². The van der Waals surface area contributed by atoms with Crippen molar-refractivity contribution in [3.05, 3.63) is 47.4 Å². The summed E-state index contributed by atoms with van der Waals surface area (Å²) in [5.74, 6) is 0. The van der Waals surface area contributed by atoms with Crippen molar-refractivity contribution >= 4 is 21.6 Å². The van der Waals surface area contributed by atoms with Crippen molar-refractivity contribution in [3.63, 3.8) is 0 Å². The molecule has 1 unspecified atom stereocenters. The molecular formula is C12H14ClN3O2S. The molecule has 0 aliphatic rings. The molecule has 0 saturated carbocycles. The van der Waals surface area contributed by atoms with E-state index in [1.807, 2.05) is 18.2 Å². The van der Waals surface area contributed by atoms with Crippen LogP contribution in [0.3, 0.4) is 0 Å². The van der Waals surface area contributed by atoms with Gasteiger partial charge in [0.2, 0.25) is 0 Å². The van der Waals surface area contributed by atoms with Crippen LogP contribution >= 0.6 is 11.6 Å². The second-order valence-electron chi connectivity index (χ2n) is 4.23. The lowest BCUT2D eigenvalue weighted by atomic mass is 10.1. The number of hydrogen-bond acceptors (Lipinski definition) is 3. The normalized spacial score (nSPS) is 13.4. The molecule has 1 aromatic carbocycles. The maximum atomic E-state index is 12.0. The fourth-order valence-electron chi connectivity index (χ4n) is 1.75. The highest BCUT2D eigenvalue weighted by Crippen LogP contribution is 2.17. The summed E-state index contributed by atoms with van der Waals surface area (Å²) >= 11 is 6.05. The van der Waals surface area contributed by atoms with Crippen molar-refractivity contribution in [2.45, 2.75) is 24.4 Å². The first-order chi connectivity index (χ1) is 8.99. The van der Waals surface area contributed by atoms with Crippen LogP contribution < -0.4 is 4.72 Å². The van der Waals surface area contributed by atoms with E-state index in [1.54, 1.807) is 13.0 Å². The molecule has 0 amide bonds. The first-order valence-corrected chi connectivity index (χ1v) is 7.59. The largest absolute Gasteiger partial charge is 0.335 e. The van der Waals surface area contributed by atoms with Crippen LogP contribution in [0.15, 0.2) is 41.8 Å². The molecule has 19 heavy (non-hydrogen) atoms. The van der Waals surface area contributed by atoms with Crippen LogP contribution in [0.4, 0.5) is 0 Å². The molecule has 0 radical (unpaired) electrons. The Labute approximate surface area is 117 Å². The van der Waals surface area contributed by atoms with Gasteiger partial charge in [-0.2, -0.15) is 0 Å². The molecule has 0 aliphatic carbocycles. The smallest absolute Gasteiger partial charge is 0.257 e. The second kappa shape index (κ2) is 5.73. The van der Waals surface area contributed by atoms with Crippen molar-refractivity contribution in [2.75, 3.05) is 0 Å². The van der Waals surface area contributed by atoms with Crippen LogP contribution in [0.1, 0.15) is 12.5 Å². The molecule has 1 atom stereocenters. The van der Waals surface area contributed by atoms with Gasteiger partial charge in [-0.05, 0) is 25.0 Å². The molecule has 0 spiro atoms. The molecule has 0 bridgehead atoms. The Morgan fingerprint density at radius 3 is 2.79 bits per heavy atom. The molecule has 2 N–H and O–H groups in total. The van der Waals surface area contributed by atoms with Crippen LogP contribution in [-0.4, -0.2) is 24.4 Å². The number of sulfonamides is 1. The summed E-state index contributed by atoms with van der Waals surface area (Å²) in [6.07, 6.45) is 3.12. The Morgan fingerprint density at radius 1 is 1.42 bits per heavy atom. The van der Waals surface area contributed by atoms with Crippen molar-refractivity contribution < 1.29 is 8.42 Å². The Balaban J connectivity index is 2.06. The minimum absolute atomic E-state index is 0.0542. The molecule has 0 aliphatic heterocycles. The average Bonchev–Trinajstić information content (AvgIpc) is 2.85. The van der Waals surface area contributed by atoms with Gasteiger partial charge in [0, 0.05) is 11.1 Å². The third-order valence-corrected chi connectivity index (χ3v) is 4.49. The summed E-state index contributed by atoms with van der Waals surface area (Å²) < 4.78 is 26.5. The zero-order chi connectivity index (χ0) is 13.9. The minimum atomic E-state index is -3.56. The van der Waals surface area contributed by atoms with Crippen LogP contribution in [-0.2, 0) is 16.4 Å². The summed E-state index contributed by atoms with van der Waals surface area (Å²) in [7, 11) is -3.56. The number of aromatic amines is 1. The second-order valence-corrected chi connectivity index (χ2v) is 6.32. The standard InChI is InChI=1S/C12H14ClN3O2S/c1-9(6-10-4-2-3-5-11(10)13)16-19(17,18)12-7-14-8-15-12/h2-5,7-9,16H,6H2,1H3,(H,14,15). The van der Waals surface area contributed by atoms with E-state index in [9.17, 15) is 8.42 Å². The maximum absolute atomic E-state index is 12.0. The number of nitrogens with one attached hydrogen (secondary N) is 2. The molecule has 1 aromatic heterocycles. The van der Waals surface area contributed by atoms with Crippen molar-refractivity contribution in [1.82, 2.24) is 14.7 Å². The van der Waals surface area contributed by atoms with Gasteiger partial charge in [-0.3, -0.25) is 0 Å². The lowest BCUT2D eigenvalue weighted by Crippen LogP contribution is -2.34. The summed E-state index contributed by atoms with van der Waals surface area (Å²) in [5.41, 5.74) is 0.906. The molecule has 5 nitrogen and oxygen atoms in total. The van der Waals surface area contributed by atoms with Gasteiger partial charge >= 0.3 is 0 Å². The van der Waals surface area contributed by atoms with Crippen LogP contribution in [0.25, 0.3) is 0 Å². The zero-order valence-corrected chi connectivity index (χ0v) is 11.9. The maximum Gasteiger partial charge on any atom is 0.257 e. The molecule has 7 heteroatoms. The predicted molar refractivity (Wildman–Crippen MR) is 73.5 cm³/mol. The molecule has 0 fully saturated rings. The number of halogens is 1. The number of H-pyrrole nitrogens is 1. The number of aromatic nitrogens is 2. The number of rotatable bonds is 5. The van der Waals surface area contributed by atoms with Gasteiger partial charge in [0.1, 0.15) is 0 Å². The number of nitrogens with zero attached hydrogens (tertiary/aromatic N) is 1. The number of imidazole rings is 1. The van der Waals surface area contributed by atoms with Gasteiger partial charge < -0.3 is 4.98 Å². The average molecular weight is 300 g/mol. The molecule has 2 aromatic rings. The molecule has 102 valence electrons. The van der Waals surface area contributed by atoms with E-state index in [1.165, 1.54) is 12.5 Å². The number of hydrogen-bond donors (Lipinski definition) is 2. The Kier molecular flexibility index (Phi) is 4.24. The zero-order valence-electron chi connectivity index (χ0n) is 10.3. The summed E-state index contributed by atoms with van der Waals surface area (Å²) in [6, 6.07) is 7.10. The fourth-order valence-corrected chi connectivity index (χ4v) is 3.11. The highest BCUT2D eigenvalue weighted by atomic mass is 35.5. The van der Waals surface area contributed by atoms with Crippen LogP contribution in [0, 0.1) is 0 Å². The minimum Gasteiger partial charge on any atom is -0.335 e. The highest BCUT2D eigenvalue weighted by Gasteiger charge is 2.19. The summed E-state index contributed by atoms with van der Waals surface area (Å²) in [6.45, 7) is 1.79. The first-order valence-electron chi connectivity index (χ1n) is 5.73. The van der Waals surface area contributed by atoms with E-state index < -0.39 is 10.0 Å². The Morgan fingerprint density at radius 2 is 2.16 bits per heavy atom. The quantitative estimate of drug-likeness (QED) is 0.886. The topological polar surface area (TPSA) is 74.8 Å². The number of benzene rings is 1. The van der Waals surface area contributed by atoms with Gasteiger partial charge in [0.25, 0.3) is 10.0 Å². The van der Waals surface area contributed by atoms with Crippen molar-refractivity contribution in [3.8, 4) is 0 Å². The lowest BCUT2D eigenvalue weighted by molar-refractivity contribution is 0.557. The van der Waals surface area contributed by atoms with Gasteiger partial charge in [-0.25, -0.2) is 18.1 Å². The van der Waals surface area contributed by atoms with Crippen molar-refractivity contribution in [1.29, 1.82) is 0 Å². The lowest BCUT2D eigenvalue weighted by Gasteiger charge is -2.14. The first kappa shape index (κ1) is 14.0. The Hall–Kier alpha value is -1.37. The van der Waals surface area contributed by atoms with Crippen LogP contribution in [0.2, 0.25) is 5.02 Å². The van der Waals surface area contributed by atoms with Gasteiger partial charge in [-0.1, -0.05) is 29.8 Å². The molecule has 0 saturated heterocycles. The summed E-state index contributed by atoms with van der Waals surface area (Å²) in [4.78, 5) is 6.27. The Bertz CT molecular complexity index is 641. The summed E-state index contributed by atoms with van der Waals surface area (Å²) in [5, 5.41) is 0.689. The molecular weight excluding hydrogens is 286 g/mol. The third-order valence-electron chi connectivity index (χ3n) is 2.60. The van der Waals surface area contributed by atoms with E-state index >= 15 is 0 Å². The highest BCUT2D eigenvalue weighted by molar-refractivity contribution is 7.89. The van der Waals surface area contributed by atoms with E-state index in [2.05, 4.69) is 14.7 Å². The van der Waals surface area contributed by atoms with E-state index in [0.29, 0.717) is 11.4 Å². The third kappa shape index (κ3) is 3.56. The predicted octanol–water partition coefficient (Wildman–Crippen LogP) is 1.97. The SMILES string of the molecule is CC(Cc1ccccc1Cl)NS(=O)(=O)c1cnc[nH]1. The molecule has 1 heterocycles. The van der Waals surface area contributed by atoms with Gasteiger partial charge in [0.15, 0.2) is 5.03 Å².